The van der Waals surface area contributed by atoms with E-state index in [1.54, 1.807) is 24.3 Å². The Balaban J connectivity index is 2.28. The molecule has 3 aromatic rings. The minimum absolute atomic E-state index is 0.259. The lowest BCUT2D eigenvalue weighted by molar-refractivity contribution is -0.336. The van der Waals surface area contributed by atoms with Crippen LogP contribution in [-0.4, -0.2) is 24.3 Å². The lowest BCUT2D eigenvalue weighted by atomic mass is 9.79. The molecule has 0 aliphatic heterocycles. The van der Waals surface area contributed by atoms with Gasteiger partial charge < -0.3 is 9.84 Å². The maximum absolute atomic E-state index is 14.5. The van der Waals surface area contributed by atoms with E-state index in [-0.39, 0.29) is 5.75 Å². The van der Waals surface area contributed by atoms with Crippen molar-refractivity contribution in [1.82, 2.24) is 0 Å². The first-order chi connectivity index (χ1) is 12.6. The van der Waals surface area contributed by atoms with E-state index in [1.807, 2.05) is 0 Å². The van der Waals surface area contributed by atoms with E-state index in [2.05, 4.69) is 0 Å². The fraction of sp³-hybridized carbons (Fsp3) is 0.200. The molecule has 0 spiro atoms. The Labute approximate surface area is 151 Å². The van der Waals surface area contributed by atoms with Gasteiger partial charge in [-0.3, -0.25) is 0 Å². The zero-order valence-electron chi connectivity index (χ0n) is 14.1. The van der Waals surface area contributed by atoms with Gasteiger partial charge in [0.2, 0.25) is 0 Å². The van der Waals surface area contributed by atoms with Crippen molar-refractivity contribution in [3.8, 4) is 5.75 Å². The molecule has 0 bridgehead atoms. The van der Waals surface area contributed by atoms with Gasteiger partial charge in [0.15, 0.2) is 5.60 Å². The summed E-state index contributed by atoms with van der Waals surface area (Å²) in [6.07, 6.45) is -5.96. The van der Waals surface area contributed by atoms with Crippen LogP contribution in [0.5, 0.6) is 5.75 Å². The predicted molar refractivity (Wildman–Crippen MR) is 90.9 cm³/mol. The minimum Gasteiger partial charge on any atom is -0.497 e. The molecule has 0 radical (unpaired) electrons. The van der Waals surface area contributed by atoms with Crippen molar-refractivity contribution in [1.29, 1.82) is 0 Å². The summed E-state index contributed by atoms with van der Waals surface area (Å²) in [5.74, 6) is -5.17. The second-order valence-electron chi connectivity index (χ2n) is 6.07. The molecule has 0 fully saturated rings. The summed E-state index contributed by atoms with van der Waals surface area (Å²) >= 11 is 0. The molecule has 0 aliphatic carbocycles. The van der Waals surface area contributed by atoms with Crippen molar-refractivity contribution in [3.05, 3.63) is 77.9 Å². The maximum Gasteiger partial charge on any atom is 0.457 e. The molecular formula is C20H15F5O2. The van der Waals surface area contributed by atoms with Gasteiger partial charge in [0.05, 0.1) is 7.11 Å². The number of rotatable bonds is 4. The number of hydrogen-bond acceptors (Lipinski definition) is 2. The van der Waals surface area contributed by atoms with Crippen molar-refractivity contribution < 1.29 is 31.8 Å². The maximum atomic E-state index is 14.5. The average molecular weight is 382 g/mol. The first-order valence-electron chi connectivity index (χ1n) is 7.92. The Morgan fingerprint density at radius 3 is 1.85 bits per heavy atom. The van der Waals surface area contributed by atoms with Gasteiger partial charge in [0, 0.05) is 0 Å². The quantitative estimate of drug-likeness (QED) is 0.622. The highest BCUT2D eigenvalue weighted by molar-refractivity contribution is 5.83. The molecule has 3 aromatic carbocycles. The van der Waals surface area contributed by atoms with E-state index in [9.17, 15) is 27.1 Å². The normalized spacial score (nSPS) is 14.8. The third-order valence-electron chi connectivity index (χ3n) is 4.49. The van der Waals surface area contributed by atoms with E-state index in [0.717, 1.165) is 24.3 Å². The van der Waals surface area contributed by atoms with E-state index in [1.165, 1.54) is 25.3 Å². The van der Waals surface area contributed by atoms with E-state index in [0.29, 0.717) is 10.8 Å². The Morgan fingerprint density at radius 1 is 0.741 bits per heavy atom. The summed E-state index contributed by atoms with van der Waals surface area (Å²) in [6, 6.07) is 14.6. The number of methoxy groups -OCH3 is 1. The molecule has 1 unspecified atom stereocenters. The van der Waals surface area contributed by atoms with Gasteiger partial charge in [-0.1, -0.05) is 48.5 Å². The number of hydrogen-bond donors (Lipinski definition) is 1. The summed E-state index contributed by atoms with van der Waals surface area (Å²) in [5, 5.41) is 11.9. The molecule has 0 saturated carbocycles. The third-order valence-corrected chi connectivity index (χ3v) is 4.49. The van der Waals surface area contributed by atoms with E-state index < -0.39 is 28.8 Å². The van der Waals surface area contributed by atoms with Crippen molar-refractivity contribution in [3.63, 3.8) is 0 Å². The van der Waals surface area contributed by atoms with Gasteiger partial charge in [-0.15, -0.1) is 0 Å². The van der Waals surface area contributed by atoms with Crippen LogP contribution in [0, 0.1) is 0 Å². The number of halogens is 5. The van der Waals surface area contributed by atoms with Crippen molar-refractivity contribution in [2.45, 2.75) is 17.7 Å². The SMILES string of the molecule is COc1ccc(C(O)(c2ccc3ccccc3c2)C(F)(F)C(F)(F)F)cc1. The van der Waals surface area contributed by atoms with Crippen LogP contribution in [0.15, 0.2) is 66.7 Å². The first-order valence-corrected chi connectivity index (χ1v) is 7.92. The zero-order valence-corrected chi connectivity index (χ0v) is 14.1. The Morgan fingerprint density at radius 2 is 1.30 bits per heavy atom. The van der Waals surface area contributed by atoms with E-state index >= 15 is 0 Å². The van der Waals surface area contributed by atoms with Gasteiger partial charge in [0.25, 0.3) is 0 Å². The largest absolute Gasteiger partial charge is 0.497 e. The van der Waals surface area contributed by atoms with Gasteiger partial charge >= 0.3 is 12.1 Å². The van der Waals surface area contributed by atoms with Crippen LogP contribution in [0.3, 0.4) is 0 Å². The topological polar surface area (TPSA) is 29.5 Å². The highest BCUT2D eigenvalue weighted by Crippen LogP contribution is 2.52. The van der Waals surface area contributed by atoms with Crippen LogP contribution < -0.4 is 4.74 Å². The van der Waals surface area contributed by atoms with Crippen LogP contribution >= 0.6 is 0 Å². The number of fused-ring (bicyclic) bond motifs is 1. The van der Waals surface area contributed by atoms with Crippen LogP contribution in [-0.2, 0) is 5.60 Å². The summed E-state index contributed by atoms with van der Waals surface area (Å²) in [7, 11) is 1.33. The lowest BCUT2D eigenvalue weighted by Crippen LogP contribution is -2.55. The minimum atomic E-state index is -5.96. The lowest BCUT2D eigenvalue weighted by Gasteiger charge is -2.37. The van der Waals surface area contributed by atoms with Crippen molar-refractivity contribution in [2.24, 2.45) is 0 Å². The van der Waals surface area contributed by atoms with Crippen LogP contribution in [0.2, 0.25) is 0 Å². The monoisotopic (exact) mass is 382 g/mol. The molecule has 1 atom stereocenters. The summed E-state index contributed by atoms with van der Waals surface area (Å²) < 4.78 is 73.6. The molecular weight excluding hydrogens is 367 g/mol. The number of aliphatic hydroxyl groups is 1. The van der Waals surface area contributed by atoms with Gasteiger partial charge in [-0.2, -0.15) is 22.0 Å². The third kappa shape index (κ3) is 3.02. The zero-order chi connectivity index (χ0) is 19.9. The number of benzene rings is 3. The molecule has 2 nitrogen and oxygen atoms in total. The van der Waals surface area contributed by atoms with Crippen molar-refractivity contribution >= 4 is 10.8 Å². The Hall–Kier alpha value is -2.67. The Bertz CT molecular complexity index is 950. The molecule has 0 saturated heterocycles. The smallest absolute Gasteiger partial charge is 0.457 e. The number of ether oxygens (including phenoxy) is 1. The average Bonchev–Trinajstić information content (AvgIpc) is 2.66. The first kappa shape index (κ1) is 19.1. The fourth-order valence-corrected chi connectivity index (χ4v) is 2.98. The molecule has 0 amide bonds. The van der Waals surface area contributed by atoms with Crippen molar-refractivity contribution in [2.75, 3.05) is 7.11 Å². The summed E-state index contributed by atoms with van der Waals surface area (Å²) in [4.78, 5) is 0. The van der Waals surface area contributed by atoms with Crippen LogP contribution in [0.25, 0.3) is 10.8 Å². The second kappa shape index (κ2) is 6.49. The van der Waals surface area contributed by atoms with Crippen LogP contribution in [0.4, 0.5) is 22.0 Å². The Kier molecular flexibility index (Phi) is 4.59. The molecule has 0 aliphatic rings. The molecule has 3 rings (SSSR count). The summed E-state index contributed by atoms with van der Waals surface area (Å²) in [5.41, 5.74) is -4.77. The molecule has 1 N–H and O–H groups in total. The molecule has 0 aromatic heterocycles. The van der Waals surface area contributed by atoms with E-state index in [4.69, 9.17) is 4.74 Å². The fourth-order valence-electron chi connectivity index (χ4n) is 2.98. The highest BCUT2D eigenvalue weighted by Gasteiger charge is 2.71. The van der Waals surface area contributed by atoms with Gasteiger partial charge in [-0.25, -0.2) is 0 Å². The predicted octanol–water partition coefficient (Wildman–Crippen LogP) is 5.28. The van der Waals surface area contributed by atoms with Crippen LogP contribution in [0.1, 0.15) is 11.1 Å². The van der Waals surface area contributed by atoms with Gasteiger partial charge in [0.1, 0.15) is 5.75 Å². The standard InChI is InChI=1S/C20H15F5O2/c1-27-17-10-8-15(9-11-17)18(26,19(21,22)20(23,24)25)16-7-6-13-4-2-3-5-14(13)12-16/h2-12,26H,1H3. The molecule has 27 heavy (non-hydrogen) atoms. The van der Waals surface area contributed by atoms with Gasteiger partial charge in [-0.05, 0) is 40.1 Å². The molecule has 7 heteroatoms. The second-order valence-corrected chi connectivity index (χ2v) is 6.07. The molecule has 0 heterocycles. The molecule has 142 valence electrons. The highest BCUT2D eigenvalue weighted by atomic mass is 19.4. The summed E-state index contributed by atoms with van der Waals surface area (Å²) in [6.45, 7) is 0. The number of alkyl halides is 5.